The molecular formula is C36H64O4. The Morgan fingerprint density at radius 1 is 0.600 bits per heavy atom. The maximum absolute atomic E-state index is 6.06. The zero-order chi connectivity index (χ0) is 28.4. The average Bonchev–Trinajstić information content (AvgIpc) is 2.99. The van der Waals surface area contributed by atoms with Crippen LogP contribution in [0.1, 0.15) is 160 Å². The van der Waals surface area contributed by atoms with Crippen LogP contribution in [-0.4, -0.2) is 33.0 Å². The maximum atomic E-state index is 6.06. The Morgan fingerprint density at radius 2 is 1.07 bits per heavy atom. The van der Waals surface area contributed by atoms with Crippen molar-refractivity contribution in [2.24, 2.45) is 5.92 Å². The first-order valence-corrected chi connectivity index (χ1v) is 17.3. The minimum Gasteiger partial charge on any atom is -0.381 e. The van der Waals surface area contributed by atoms with Crippen LogP contribution < -0.4 is 0 Å². The van der Waals surface area contributed by atoms with E-state index in [2.05, 4.69) is 38.1 Å². The van der Waals surface area contributed by atoms with Crippen molar-refractivity contribution >= 4 is 0 Å². The van der Waals surface area contributed by atoms with Crippen molar-refractivity contribution in [3.8, 4) is 0 Å². The van der Waals surface area contributed by atoms with Gasteiger partial charge in [-0.1, -0.05) is 148 Å². The second-order valence-corrected chi connectivity index (χ2v) is 12.1. The van der Waals surface area contributed by atoms with E-state index in [-0.39, 0.29) is 6.29 Å². The van der Waals surface area contributed by atoms with Crippen LogP contribution in [0.2, 0.25) is 0 Å². The molecule has 0 bridgehead atoms. The molecule has 0 saturated carbocycles. The smallest absolute Gasteiger partial charge is 0.183 e. The minimum atomic E-state index is -0.278. The van der Waals surface area contributed by atoms with Crippen molar-refractivity contribution in [2.75, 3.05) is 33.0 Å². The lowest BCUT2D eigenvalue weighted by molar-refractivity contribution is -0.212. The lowest BCUT2D eigenvalue weighted by Crippen LogP contribution is -2.30. The molecule has 4 heteroatoms. The summed E-state index contributed by atoms with van der Waals surface area (Å²) in [5.74, 6) is 0.326. The van der Waals surface area contributed by atoms with Crippen LogP contribution in [0.25, 0.3) is 0 Å². The molecule has 1 heterocycles. The molecule has 0 aromatic heterocycles. The lowest BCUT2D eigenvalue weighted by Gasteiger charge is -2.29. The van der Waals surface area contributed by atoms with Crippen molar-refractivity contribution in [2.45, 2.75) is 155 Å². The molecule has 1 aliphatic rings. The molecule has 4 nitrogen and oxygen atoms in total. The van der Waals surface area contributed by atoms with E-state index >= 15 is 0 Å². The number of benzene rings is 1. The van der Waals surface area contributed by atoms with E-state index in [9.17, 15) is 0 Å². The van der Waals surface area contributed by atoms with E-state index in [1.807, 2.05) is 0 Å². The zero-order valence-electron chi connectivity index (χ0n) is 26.5. The average molecular weight is 561 g/mol. The molecule has 2 rings (SSSR count). The third-order valence-corrected chi connectivity index (χ3v) is 8.10. The quantitative estimate of drug-likeness (QED) is 0.100. The summed E-state index contributed by atoms with van der Waals surface area (Å²) < 4.78 is 24.0. The highest BCUT2D eigenvalue weighted by atomic mass is 16.7. The molecule has 0 spiro atoms. The van der Waals surface area contributed by atoms with Crippen LogP contribution in [0.5, 0.6) is 0 Å². The van der Waals surface area contributed by atoms with Crippen LogP contribution in [0.4, 0.5) is 0 Å². The monoisotopic (exact) mass is 560 g/mol. The Labute approximate surface area is 248 Å². The van der Waals surface area contributed by atoms with Crippen molar-refractivity contribution in [1.29, 1.82) is 0 Å². The largest absolute Gasteiger partial charge is 0.381 e. The van der Waals surface area contributed by atoms with Gasteiger partial charge in [-0.15, -0.1) is 0 Å². The highest BCUT2D eigenvalue weighted by Gasteiger charge is 2.24. The summed E-state index contributed by atoms with van der Waals surface area (Å²) >= 11 is 0. The summed E-state index contributed by atoms with van der Waals surface area (Å²) in [6.45, 7) is 9.05. The third-order valence-electron chi connectivity index (χ3n) is 8.10. The number of ether oxygens (including phenoxy) is 4. The molecule has 0 atom stereocenters. The first-order valence-electron chi connectivity index (χ1n) is 17.3. The van der Waals surface area contributed by atoms with E-state index in [1.54, 1.807) is 0 Å². The molecule has 1 saturated heterocycles. The van der Waals surface area contributed by atoms with Crippen molar-refractivity contribution < 1.29 is 18.9 Å². The summed E-state index contributed by atoms with van der Waals surface area (Å²) in [4.78, 5) is 0. The molecule has 0 unspecified atom stereocenters. The molecule has 0 amide bonds. The van der Waals surface area contributed by atoms with E-state index < -0.39 is 0 Å². The van der Waals surface area contributed by atoms with Crippen LogP contribution in [0.3, 0.4) is 0 Å². The van der Waals surface area contributed by atoms with E-state index in [0.29, 0.717) is 25.7 Å². The second kappa shape index (κ2) is 25.7. The topological polar surface area (TPSA) is 36.9 Å². The van der Waals surface area contributed by atoms with Gasteiger partial charge in [0.1, 0.15) is 0 Å². The van der Waals surface area contributed by atoms with Gasteiger partial charge in [0.2, 0.25) is 0 Å². The highest BCUT2D eigenvalue weighted by Crippen LogP contribution is 2.26. The van der Waals surface area contributed by atoms with E-state index in [1.165, 1.54) is 128 Å². The number of hydrogen-bond donors (Lipinski definition) is 0. The third kappa shape index (κ3) is 18.5. The normalized spacial score (nSPS) is 17.4. The fraction of sp³-hybridized carbons (Fsp3) is 0.833. The summed E-state index contributed by atoms with van der Waals surface area (Å²) in [6.07, 6.45) is 26.8. The number of hydrogen-bond acceptors (Lipinski definition) is 4. The van der Waals surface area contributed by atoms with Gasteiger partial charge in [0.25, 0.3) is 0 Å². The van der Waals surface area contributed by atoms with Gasteiger partial charge in [-0.25, -0.2) is 0 Å². The molecule has 40 heavy (non-hydrogen) atoms. The molecule has 1 aliphatic heterocycles. The molecule has 0 aliphatic carbocycles. The van der Waals surface area contributed by atoms with Crippen molar-refractivity contribution in [3.63, 3.8) is 0 Å². The molecule has 1 aromatic carbocycles. The van der Waals surface area contributed by atoms with Gasteiger partial charge in [-0.3, -0.25) is 0 Å². The fourth-order valence-corrected chi connectivity index (χ4v) is 5.48. The van der Waals surface area contributed by atoms with E-state index in [4.69, 9.17) is 18.9 Å². The summed E-state index contributed by atoms with van der Waals surface area (Å²) in [7, 11) is 0. The van der Waals surface area contributed by atoms with E-state index in [0.717, 1.165) is 31.8 Å². The van der Waals surface area contributed by atoms with Gasteiger partial charge in [-0.2, -0.15) is 0 Å². The SMILES string of the molecule is CCCCCCCCCCCCOCc1cccc(C2OCC(COCCCCCCCCCCCC)CO2)c1. The summed E-state index contributed by atoms with van der Waals surface area (Å²) in [5.41, 5.74) is 2.28. The van der Waals surface area contributed by atoms with Crippen LogP contribution in [-0.2, 0) is 25.6 Å². The Balaban J connectivity index is 1.43. The fourth-order valence-electron chi connectivity index (χ4n) is 5.48. The molecular weight excluding hydrogens is 496 g/mol. The Hall–Kier alpha value is -0.940. The molecule has 1 fully saturated rings. The van der Waals surface area contributed by atoms with Gasteiger partial charge < -0.3 is 18.9 Å². The van der Waals surface area contributed by atoms with Crippen LogP contribution in [0.15, 0.2) is 24.3 Å². The van der Waals surface area contributed by atoms with Crippen LogP contribution in [0, 0.1) is 5.92 Å². The highest BCUT2D eigenvalue weighted by molar-refractivity contribution is 5.24. The standard InChI is InChI=1S/C36H64O4/c1-3-5-7-9-11-13-15-17-19-21-26-37-29-33-24-23-25-35(28-33)36-39-31-34(32-40-36)30-38-27-22-20-18-16-14-12-10-8-6-4-2/h23-25,28,34,36H,3-22,26-27,29-32H2,1-2H3. The Kier molecular flexibility index (Phi) is 22.7. The molecule has 232 valence electrons. The maximum Gasteiger partial charge on any atom is 0.183 e. The number of rotatable bonds is 27. The summed E-state index contributed by atoms with van der Waals surface area (Å²) in [5, 5.41) is 0. The predicted molar refractivity (Wildman–Crippen MR) is 169 cm³/mol. The van der Waals surface area contributed by atoms with Crippen molar-refractivity contribution in [1.82, 2.24) is 0 Å². The Bertz CT molecular complexity index is 671. The Morgan fingerprint density at radius 3 is 1.60 bits per heavy atom. The molecule has 0 radical (unpaired) electrons. The van der Waals surface area contributed by atoms with Crippen LogP contribution >= 0.6 is 0 Å². The number of unbranched alkanes of at least 4 members (excludes halogenated alkanes) is 18. The first-order chi connectivity index (χ1) is 19.8. The molecule has 0 N–H and O–H groups in total. The van der Waals surface area contributed by atoms with Gasteiger partial charge in [0.15, 0.2) is 6.29 Å². The minimum absolute atomic E-state index is 0.278. The summed E-state index contributed by atoms with van der Waals surface area (Å²) in [6, 6.07) is 8.49. The van der Waals surface area contributed by atoms with Gasteiger partial charge in [-0.05, 0) is 24.5 Å². The second-order valence-electron chi connectivity index (χ2n) is 12.1. The van der Waals surface area contributed by atoms with Gasteiger partial charge in [0.05, 0.1) is 26.4 Å². The predicted octanol–water partition coefficient (Wildman–Crippen LogP) is 10.7. The van der Waals surface area contributed by atoms with Crippen molar-refractivity contribution in [3.05, 3.63) is 35.4 Å². The van der Waals surface area contributed by atoms with Gasteiger partial charge in [0, 0.05) is 24.7 Å². The lowest BCUT2D eigenvalue weighted by atomic mass is 10.1. The molecule has 1 aromatic rings. The first kappa shape index (κ1) is 35.3. The van der Waals surface area contributed by atoms with Gasteiger partial charge >= 0.3 is 0 Å². The zero-order valence-corrected chi connectivity index (χ0v) is 26.5.